The Balaban J connectivity index is 2.23. The maximum absolute atomic E-state index is 12.5. The van der Waals surface area contributed by atoms with Gasteiger partial charge in [0.2, 0.25) is 10.0 Å². The molecule has 0 heterocycles. The van der Waals surface area contributed by atoms with E-state index in [9.17, 15) is 8.42 Å². The van der Waals surface area contributed by atoms with Crippen molar-refractivity contribution in [1.29, 1.82) is 5.26 Å². The molecule has 1 aromatic rings. The number of nitrogens with two attached hydrogens (primary N) is 1. The van der Waals surface area contributed by atoms with Gasteiger partial charge in [0.15, 0.2) is 0 Å². The maximum Gasteiger partial charge on any atom is 0.244 e. The summed E-state index contributed by atoms with van der Waals surface area (Å²) in [6, 6.07) is 6.23. The summed E-state index contributed by atoms with van der Waals surface area (Å²) in [4.78, 5) is 0.0806. The lowest BCUT2D eigenvalue weighted by molar-refractivity contribution is 0.387. The monoisotopic (exact) mass is 293 g/mol. The Hall–Kier alpha value is -1.58. The Kier molecular flexibility index (Phi) is 4.31. The Morgan fingerprint density at radius 1 is 1.40 bits per heavy atom. The van der Waals surface area contributed by atoms with Crippen LogP contribution in [-0.2, 0) is 10.0 Å². The smallest absolute Gasteiger partial charge is 0.244 e. The molecule has 0 bridgehead atoms. The number of hydrogen-bond donors (Lipinski definition) is 1. The molecule has 0 unspecified atom stereocenters. The average Bonchev–Trinajstić information content (AvgIpc) is 2.91. The number of nitriles is 1. The van der Waals surface area contributed by atoms with E-state index in [-0.39, 0.29) is 10.6 Å². The van der Waals surface area contributed by atoms with Crippen LogP contribution in [-0.4, -0.2) is 26.3 Å². The number of benzene rings is 1. The van der Waals surface area contributed by atoms with Gasteiger partial charge in [-0.1, -0.05) is 12.8 Å². The van der Waals surface area contributed by atoms with Crippen molar-refractivity contribution in [2.45, 2.75) is 30.6 Å². The number of nitrogens with zero attached hydrogens (tertiary/aromatic N) is 2. The predicted octanol–water partition coefficient (Wildman–Crippen LogP) is 1.95. The van der Waals surface area contributed by atoms with Crippen LogP contribution in [0.5, 0.6) is 0 Å². The van der Waals surface area contributed by atoms with Gasteiger partial charge >= 0.3 is 0 Å². The first-order valence-electron chi connectivity index (χ1n) is 6.71. The van der Waals surface area contributed by atoms with Gasteiger partial charge in [-0.05, 0) is 37.0 Å². The molecule has 1 aliphatic rings. The second-order valence-electron chi connectivity index (χ2n) is 5.30. The maximum atomic E-state index is 12.5. The minimum atomic E-state index is -3.58. The van der Waals surface area contributed by atoms with Crippen molar-refractivity contribution in [3.05, 3.63) is 23.8 Å². The van der Waals surface area contributed by atoms with Gasteiger partial charge in [0, 0.05) is 13.6 Å². The molecule has 6 heteroatoms. The van der Waals surface area contributed by atoms with E-state index in [1.165, 1.54) is 35.3 Å². The van der Waals surface area contributed by atoms with Gasteiger partial charge < -0.3 is 5.73 Å². The van der Waals surface area contributed by atoms with E-state index in [0.29, 0.717) is 18.0 Å². The molecular formula is C14H19N3O2S. The number of anilines is 1. The van der Waals surface area contributed by atoms with Crippen molar-refractivity contribution >= 4 is 15.7 Å². The lowest BCUT2D eigenvalue weighted by Gasteiger charge is -2.21. The fraction of sp³-hybridized carbons (Fsp3) is 0.500. The molecule has 2 rings (SSSR count). The van der Waals surface area contributed by atoms with Gasteiger partial charge in [-0.3, -0.25) is 0 Å². The van der Waals surface area contributed by atoms with Crippen LogP contribution in [0.2, 0.25) is 0 Å². The highest BCUT2D eigenvalue weighted by Gasteiger charge is 2.27. The highest BCUT2D eigenvalue weighted by molar-refractivity contribution is 7.89. The zero-order valence-corrected chi connectivity index (χ0v) is 12.4. The molecule has 0 radical (unpaired) electrons. The molecule has 20 heavy (non-hydrogen) atoms. The molecular weight excluding hydrogens is 274 g/mol. The normalized spacial score (nSPS) is 16.4. The minimum Gasteiger partial charge on any atom is -0.398 e. The molecule has 0 amide bonds. The molecule has 108 valence electrons. The standard InChI is InChI=1S/C14H19N3O2S/c1-17(10-11-4-2-3-5-11)20(18,19)14-7-6-12(9-15)8-13(14)16/h6-8,11H,2-5,10,16H2,1H3. The first kappa shape index (κ1) is 14.8. The minimum absolute atomic E-state index is 0.0806. The third kappa shape index (κ3) is 2.94. The number of hydrogen-bond acceptors (Lipinski definition) is 4. The van der Waals surface area contributed by atoms with Gasteiger partial charge in [-0.25, -0.2) is 12.7 Å². The van der Waals surface area contributed by atoms with Crippen LogP contribution >= 0.6 is 0 Å². The molecule has 5 nitrogen and oxygen atoms in total. The number of rotatable bonds is 4. The first-order valence-corrected chi connectivity index (χ1v) is 8.15. The summed E-state index contributed by atoms with van der Waals surface area (Å²) in [5, 5.41) is 8.79. The first-order chi connectivity index (χ1) is 9.45. The van der Waals surface area contributed by atoms with Crippen molar-refractivity contribution in [2.75, 3.05) is 19.3 Å². The SMILES string of the molecule is CN(CC1CCCC1)S(=O)(=O)c1ccc(C#N)cc1N. The van der Waals surface area contributed by atoms with Gasteiger partial charge in [-0.2, -0.15) is 5.26 Å². The topological polar surface area (TPSA) is 87.2 Å². The van der Waals surface area contributed by atoms with Crippen LogP contribution in [0.1, 0.15) is 31.2 Å². The molecule has 2 N–H and O–H groups in total. The van der Waals surface area contributed by atoms with Crippen LogP contribution in [0.25, 0.3) is 0 Å². The fourth-order valence-corrected chi connectivity index (χ4v) is 4.02. The predicted molar refractivity (Wildman–Crippen MR) is 77.3 cm³/mol. The second-order valence-corrected chi connectivity index (χ2v) is 7.31. The summed E-state index contributed by atoms with van der Waals surface area (Å²) in [6.45, 7) is 0.530. The quantitative estimate of drug-likeness (QED) is 0.859. The van der Waals surface area contributed by atoms with Crippen molar-refractivity contribution in [3.8, 4) is 6.07 Å². The number of nitrogen functional groups attached to an aromatic ring is 1. The third-order valence-electron chi connectivity index (χ3n) is 3.82. The van der Waals surface area contributed by atoms with Crippen LogP contribution in [0.15, 0.2) is 23.1 Å². The molecule has 0 saturated heterocycles. The lowest BCUT2D eigenvalue weighted by Crippen LogP contribution is -2.31. The van der Waals surface area contributed by atoms with Gasteiger partial charge in [0.05, 0.1) is 17.3 Å². The summed E-state index contributed by atoms with van der Waals surface area (Å²) in [5.41, 5.74) is 6.26. The Labute approximate surface area is 120 Å². The molecule has 1 saturated carbocycles. The fourth-order valence-electron chi connectivity index (χ4n) is 2.68. The van der Waals surface area contributed by atoms with E-state index < -0.39 is 10.0 Å². The van der Waals surface area contributed by atoms with Crippen molar-refractivity contribution in [1.82, 2.24) is 4.31 Å². The lowest BCUT2D eigenvalue weighted by atomic mass is 10.1. The van der Waals surface area contributed by atoms with E-state index in [1.807, 2.05) is 6.07 Å². The zero-order valence-electron chi connectivity index (χ0n) is 11.5. The van der Waals surface area contributed by atoms with Crippen LogP contribution in [0.3, 0.4) is 0 Å². The van der Waals surface area contributed by atoms with Crippen LogP contribution in [0.4, 0.5) is 5.69 Å². The summed E-state index contributed by atoms with van der Waals surface area (Å²) in [7, 11) is -1.99. The van der Waals surface area contributed by atoms with Gasteiger partial charge in [-0.15, -0.1) is 0 Å². The van der Waals surface area contributed by atoms with Crippen LogP contribution in [0, 0.1) is 17.2 Å². The van der Waals surface area contributed by atoms with E-state index in [2.05, 4.69) is 0 Å². The summed E-state index contributed by atoms with van der Waals surface area (Å²) >= 11 is 0. The van der Waals surface area contributed by atoms with Gasteiger partial charge in [0.1, 0.15) is 4.90 Å². The molecule has 0 atom stereocenters. The molecule has 1 fully saturated rings. The van der Waals surface area contributed by atoms with E-state index in [4.69, 9.17) is 11.0 Å². The average molecular weight is 293 g/mol. The van der Waals surface area contributed by atoms with Gasteiger partial charge in [0.25, 0.3) is 0 Å². The van der Waals surface area contributed by atoms with Crippen LogP contribution < -0.4 is 5.73 Å². The summed E-state index contributed by atoms with van der Waals surface area (Å²) in [5.74, 6) is 0.439. The number of sulfonamides is 1. The Bertz CT molecular complexity index is 628. The largest absolute Gasteiger partial charge is 0.398 e. The summed E-state index contributed by atoms with van der Waals surface area (Å²) in [6.07, 6.45) is 4.53. The zero-order chi connectivity index (χ0) is 14.8. The molecule has 1 aromatic carbocycles. The van der Waals surface area contributed by atoms with Crippen molar-refractivity contribution < 1.29 is 8.42 Å². The van der Waals surface area contributed by atoms with Crippen molar-refractivity contribution in [2.24, 2.45) is 5.92 Å². The second kappa shape index (κ2) is 5.81. The molecule has 0 aliphatic heterocycles. The highest BCUT2D eigenvalue weighted by atomic mass is 32.2. The van der Waals surface area contributed by atoms with E-state index in [0.717, 1.165) is 12.8 Å². The summed E-state index contributed by atoms with van der Waals surface area (Å²) < 4.78 is 26.4. The van der Waals surface area contributed by atoms with E-state index in [1.54, 1.807) is 7.05 Å². The third-order valence-corrected chi connectivity index (χ3v) is 5.71. The molecule has 0 spiro atoms. The Morgan fingerprint density at radius 2 is 2.05 bits per heavy atom. The van der Waals surface area contributed by atoms with E-state index >= 15 is 0 Å². The Morgan fingerprint density at radius 3 is 2.60 bits per heavy atom. The molecule has 1 aliphatic carbocycles. The highest BCUT2D eigenvalue weighted by Crippen LogP contribution is 2.28. The van der Waals surface area contributed by atoms with Crippen molar-refractivity contribution in [3.63, 3.8) is 0 Å². The molecule has 0 aromatic heterocycles.